The third-order valence-corrected chi connectivity index (χ3v) is 12.5. The number of nitrogens with zero attached hydrogens (tertiary/aromatic N) is 5. The Labute approximate surface area is 352 Å². The fraction of sp³-hybridized carbons (Fsp3) is 0.500. The number of ether oxygens (including phenoxy) is 1. The van der Waals surface area contributed by atoms with Gasteiger partial charge >= 0.3 is 23.5 Å². The van der Waals surface area contributed by atoms with Crippen molar-refractivity contribution in [3.8, 4) is 0 Å². The molecule has 1 saturated heterocycles. The average molecular weight is 941 g/mol. The maximum atomic E-state index is 12.7. The molecule has 0 saturated carbocycles. The molecule has 0 bridgehead atoms. The first-order chi connectivity index (χ1) is 28.4. The maximum Gasteiger partial charge on any atom is 0.481 e. The van der Waals surface area contributed by atoms with Crippen molar-refractivity contribution >= 4 is 80.9 Å². The summed E-state index contributed by atoms with van der Waals surface area (Å²) in [4.78, 5) is 90.0. The molecule has 1 aliphatic rings. The Morgan fingerprint density at radius 1 is 1.03 bits per heavy atom. The number of nitrogens with two attached hydrogens (primary N) is 1. The van der Waals surface area contributed by atoms with Crippen molar-refractivity contribution in [2.45, 2.75) is 50.9 Å². The van der Waals surface area contributed by atoms with Crippen molar-refractivity contribution < 1.29 is 80.5 Å². The van der Waals surface area contributed by atoms with E-state index in [2.05, 4.69) is 34.4 Å². The molecule has 0 radical (unpaired) electrons. The summed E-state index contributed by atoms with van der Waals surface area (Å²) in [6.07, 6.45) is -3.86. The summed E-state index contributed by atoms with van der Waals surface area (Å²) >= 11 is 1.00. The molecule has 2 aromatic heterocycles. The van der Waals surface area contributed by atoms with E-state index in [1.54, 1.807) is 6.08 Å². The third kappa shape index (κ3) is 15.0. The molecule has 0 aliphatic carbocycles. The van der Waals surface area contributed by atoms with E-state index in [1.165, 1.54) is 19.9 Å². The van der Waals surface area contributed by atoms with Crippen molar-refractivity contribution in [2.24, 2.45) is 5.41 Å². The number of aliphatic hydroxyl groups excluding tert-OH is 2. The molecular weight excluding hydrogens is 893 g/mol. The van der Waals surface area contributed by atoms with E-state index in [-0.39, 0.29) is 47.4 Å². The number of phosphoric acid groups is 3. The number of thioether (sulfide) groups is 1. The van der Waals surface area contributed by atoms with Gasteiger partial charge in [-0.15, -0.1) is 0 Å². The highest BCUT2D eigenvalue weighted by molar-refractivity contribution is 8.14. The van der Waals surface area contributed by atoms with E-state index in [4.69, 9.17) is 19.5 Å². The van der Waals surface area contributed by atoms with Gasteiger partial charge in [0.05, 0.1) is 19.5 Å². The average Bonchev–Trinajstić information content (AvgIpc) is 3.73. The summed E-state index contributed by atoms with van der Waals surface area (Å²) in [5.74, 6) is -1.20. The first kappa shape index (κ1) is 50.0. The maximum absolute atomic E-state index is 12.7. The van der Waals surface area contributed by atoms with Gasteiger partial charge in [0.1, 0.15) is 36.3 Å². The van der Waals surface area contributed by atoms with Crippen LogP contribution < -0.4 is 21.3 Å². The standard InChI is InChI=1S/C32H47N8O17P3S/c1-32(2,27(44)30(45)35-12-11-22(41)34-13-14-61-23(42)10-7-19-5-8-20(9-6-19)39(3)4)16-54-60(51,52)57-59(49,50)53-15-21-26(56-58(46,47)48)25(43)31(55-21)40-18-38-24-28(33)36-17-37-29(24)40/h5-10,17-18,21,25-27,31,43-44H,11-16H2,1-4H3,(H,34,41)(H,35,45)(H,49,50)(H,51,52)(H2,33,36,37)(H2,46,47,48)/b10-7+. The molecule has 3 aromatic rings. The molecule has 338 valence electrons. The van der Waals surface area contributed by atoms with Gasteiger partial charge in [-0.2, -0.15) is 4.31 Å². The molecule has 0 spiro atoms. The van der Waals surface area contributed by atoms with Crippen molar-refractivity contribution in [3.63, 3.8) is 0 Å². The van der Waals surface area contributed by atoms with Gasteiger partial charge in [-0.25, -0.2) is 28.6 Å². The van der Waals surface area contributed by atoms with E-state index < -0.39 is 84.6 Å². The minimum atomic E-state index is -5.58. The van der Waals surface area contributed by atoms with Gasteiger partial charge in [-0.1, -0.05) is 43.8 Å². The predicted octanol–water partition coefficient (Wildman–Crippen LogP) is 0.444. The second-order valence-corrected chi connectivity index (χ2v) is 19.4. The summed E-state index contributed by atoms with van der Waals surface area (Å²) < 4.78 is 62.2. The van der Waals surface area contributed by atoms with Crippen LogP contribution in [0.15, 0.2) is 43.0 Å². The molecule has 1 aliphatic heterocycles. The number of nitrogen functional groups attached to an aromatic ring is 1. The van der Waals surface area contributed by atoms with E-state index in [0.29, 0.717) is 0 Å². The first-order valence-corrected chi connectivity index (χ1v) is 23.4. The highest BCUT2D eigenvalue weighted by atomic mass is 32.2. The number of aromatic nitrogens is 4. The lowest BCUT2D eigenvalue weighted by Crippen LogP contribution is -2.46. The van der Waals surface area contributed by atoms with Gasteiger partial charge in [0.15, 0.2) is 17.7 Å². The number of nitrogens with one attached hydrogen (secondary N) is 2. The molecule has 3 heterocycles. The first-order valence-electron chi connectivity index (χ1n) is 17.9. The monoisotopic (exact) mass is 940 g/mol. The smallest absolute Gasteiger partial charge is 0.386 e. The SMILES string of the molecule is CN(C)c1ccc(/C=C/C(=O)SCCNC(=O)CCNC(=O)C(O)C(C)(C)COP(=O)(O)OP(=O)(O)OCC2OC(n3cnc4c(N)ncnc43)C(O)C2OP(=O)(O)O)cc1. The Balaban J connectivity index is 1.19. The molecule has 10 N–H and O–H groups in total. The van der Waals surface area contributed by atoms with Crippen molar-refractivity contribution in [1.29, 1.82) is 0 Å². The summed E-state index contributed by atoms with van der Waals surface area (Å²) in [7, 11) is -12.6. The molecule has 1 aromatic carbocycles. The van der Waals surface area contributed by atoms with Gasteiger partial charge < -0.3 is 55.8 Å². The Bertz CT molecular complexity index is 2190. The predicted molar refractivity (Wildman–Crippen MR) is 217 cm³/mol. The summed E-state index contributed by atoms with van der Waals surface area (Å²) in [6.45, 7) is 0.417. The quantitative estimate of drug-likeness (QED) is 0.0375. The van der Waals surface area contributed by atoms with Crippen LogP contribution >= 0.6 is 35.2 Å². The second kappa shape index (κ2) is 21.1. The summed E-state index contributed by atoms with van der Waals surface area (Å²) in [5, 5.41) is 26.2. The number of carbonyl (C=O) groups is 3. The Kier molecular flexibility index (Phi) is 17.3. The number of carbonyl (C=O) groups excluding carboxylic acids is 3. The number of hydrogen-bond acceptors (Lipinski definition) is 19. The highest BCUT2D eigenvalue weighted by Crippen LogP contribution is 2.61. The highest BCUT2D eigenvalue weighted by Gasteiger charge is 2.50. The van der Waals surface area contributed by atoms with Crippen LogP contribution in [0.25, 0.3) is 17.2 Å². The zero-order valence-electron chi connectivity index (χ0n) is 33.0. The van der Waals surface area contributed by atoms with Crippen LogP contribution in [0.4, 0.5) is 11.5 Å². The normalized spacial score (nSPS) is 20.9. The number of aliphatic hydroxyl groups is 2. The van der Waals surface area contributed by atoms with E-state index >= 15 is 0 Å². The third-order valence-electron chi connectivity index (χ3n) is 8.57. The zero-order chi connectivity index (χ0) is 45.3. The number of benzene rings is 1. The largest absolute Gasteiger partial charge is 0.481 e. The minimum absolute atomic E-state index is 0.0278. The van der Waals surface area contributed by atoms with Crippen molar-refractivity contribution in [3.05, 3.63) is 48.6 Å². The molecular formula is C32H47N8O17P3S. The van der Waals surface area contributed by atoms with Gasteiger partial charge in [0.2, 0.25) is 16.9 Å². The molecule has 1 fully saturated rings. The fourth-order valence-electron chi connectivity index (χ4n) is 5.38. The Hall–Kier alpha value is -3.68. The number of hydrogen-bond donors (Lipinski definition) is 9. The van der Waals surface area contributed by atoms with Crippen LogP contribution in [0.1, 0.15) is 32.1 Å². The fourth-order valence-corrected chi connectivity index (χ4v) is 8.78. The van der Waals surface area contributed by atoms with Gasteiger partial charge in [0, 0.05) is 50.5 Å². The number of phosphoric ester groups is 3. The lowest BCUT2D eigenvalue weighted by atomic mass is 9.87. The van der Waals surface area contributed by atoms with E-state index in [0.717, 1.165) is 40.2 Å². The number of fused-ring (bicyclic) bond motifs is 1. The zero-order valence-corrected chi connectivity index (χ0v) is 36.5. The van der Waals surface area contributed by atoms with Crippen LogP contribution in [0.5, 0.6) is 0 Å². The second-order valence-electron chi connectivity index (χ2n) is 14.1. The van der Waals surface area contributed by atoms with Crippen LogP contribution in [0.3, 0.4) is 0 Å². The van der Waals surface area contributed by atoms with Crippen LogP contribution in [0, 0.1) is 5.41 Å². The lowest BCUT2D eigenvalue weighted by Gasteiger charge is -2.30. The lowest BCUT2D eigenvalue weighted by molar-refractivity contribution is -0.137. The number of imidazole rings is 1. The number of anilines is 2. The topological polar surface area (TPSA) is 367 Å². The Morgan fingerprint density at radius 3 is 2.36 bits per heavy atom. The molecule has 29 heteroatoms. The minimum Gasteiger partial charge on any atom is -0.386 e. The molecule has 4 rings (SSSR count). The summed E-state index contributed by atoms with van der Waals surface area (Å²) in [6, 6.07) is 7.60. The van der Waals surface area contributed by atoms with Gasteiger partial charge in [-0.05, 0) is 23.8 Å². The molecule has 7 unspecified atom stereocenters. The van der Waals surface area contributed by atoms with Crippen molar-refractivity contribution in [2.75, 3.05) is 56.8 Å². The summed E-state index contributed by atoms with van der Waals surface area (Å²) in [5.41, 5.74) is 6.12. The molecule has 2 amide bonds. The molecule has 7 atom stereocenters. The van der Waals surface area contributed by atoms with Crippen LogP contribution in [-0.4, -0.2) is 137 Å². The number of amides is 2. The van der Waals surface area contributed by atoms with Crippen LogP contribution in [-0.2, 0) is 50.7 Å². The molecule has 61 heavy (non-hydrogen) atoms. The number of rotatable bonds is 22. The van der Waals surface area contributed by atoms with Crippen LogP contribution in [0.2, 0.25) is 0 Å². The van der Waals surface area contributed by atoms with Gasteiger partial charge in [0.25, 0.3) is 0 Å². The van der Waals surface area contributed by atoms with Gasteiger partial charge in [-0.3, -0.25) is 32.5 Å². The van der Waals surface area contributed by atoms with Crippen molar-refractivity contribution in [1.82, 2.24) is 30.2 Å². The molecule has 25 nitrogen and oxygen atoms in total. The Morgan fingerprint density at radius 2 is 1.70 bits per heavy atom. The van der Waals surface area contributed by atoms with E-state index in [1.807, 2.05) is 43.3 Å². The van der Waals surface area contributed by atoms with E-state index in [9.17, 15) is 57.9 Å².